The van der Waals surface area contributed by atoms with Crippen molar-refractivity contribution in [1.29, 1.82) is 0 Å². The third-order valence-electron chi connectivity index (χ3n) is 3.85. The molecule has 0 aliphatic heterocycles. The Kier molecular flexibility index (Phi) is 4.25. The van der Waals surface area contributed by atoms with Gasteiger partial charge in [0, 0.05) is 19.3 Å². The van der Waals surface area contributed by atoms with Crippen LogP contribution >= 0.6 is 0 Å². The summed E-state index contributed by atoms with van der Waals surface area (Å²) in [5, 5.41) is 11.2. The zero-order valence-corrected chi connectivity index (χ0v) is 12.5. The van der Waals surface area contributed by atoms with E-state index in [1.807, 2.05) is 18.5 Å². The van der Waals surface area contributed by atoms with Gasteiger partial charge in [-0.3, -0.25) is 0 Å². The lowest BCUT2D eigenvalue weighted by Gasteiger charge is -2.30. The number of nitrogens with zero attached hydrogens (tertiary/aromatic N) is 3. The van der Waals surface area contributed by atoms with Crippen molar-refractivity contribution in [2.45, 2.75) is 49.9 Å². The maximum absolute atomic E-state index is 11.6. The summed E-state index contributed by atoms with van der Waals surface area (Å²) in [6.07, 6.45) is 6.48. The lowest BCUT2D eigenvalue weighted by molar-refractivity contribution is 0.339. The van der Waals surface area contributed by atoms with E-state index in [2.05, 4.69) is 15.5 Å². The Labute approximate surface area is 114 Å². The number of hydrogen-bond acceptors (Lipinski definition) is 5. The molecule has 0 saturated heterocycles. The fourth-order valence-electron chi connectivity index (χ4n) is 2.80. The second-order valence-corrected chi connectivity index (χ2v) is 7.83. The van der Waals surface area contributed by atoms with E-state index in [0.717, 1.165) is 25.1 Å². The van der Waals surface area contributed by atoms with Crippen molar-refractivity contribution < 1.29 is 8.42 Å². The lowest BCUT2D eigenvalue weighted by atomic mass is 9.94. The molecule has 7 heteroatoms. The van der Waals surface area contributed by atoms with Gasteiger partial charge in [0.15, 0.2) is 0 Å². The second-order valence-electron chi connectivity index (χ2n) is 5.50. The molecule has 6 nitrogen and oxygen atoms in total. The van der Waals surface area contributed by atoms with E-state index in [4.69, 9.17) is 0 Å². The van der Waals surface area contributed by atoms with Crippen molar-refractivity contribution in [3.8, 4) is 0 Å². The van der Waals surface area contributed by atoms with Gasteiger partial charge in [-0.05, 0) is 26.2 Å². The van der Waals surface area contributed by atoms with E-state index in [9.17, 15) is 8.42 Å². The minimum atomic E-state index is -2.93. The minimum Gasteiger partial charge on any atom is -0.319 e. The molecule has 0 aromatic carbocycles. The van der Waals surface area contributed by atoms with Crippen LogP contribution in [0.5, 0.6) is 0 Å². The van der Waals surface area contributed by atoms with E-state index in [1.54, 1.807) is 6.33 Å². The minimum absolute atomic E-state index is 0.0795. The molecular weight excluding hydrogens is 264 g/mol. The molecule has 1 aromatic heterocycles. The van der Waals surface area contributed by atoms with Crippen molar-refractivity contribution in [1.82, 2.24) is 20.1 Å². The first-order chi connectivity index (χ1) is 8.88. The van der Waals surface area contributed by atoms with Crippen LogP contribution in [0.25, 0.3) is 0 Å². The van der Waals surface area contributed by atoms with Crippen LogP contribution in [0.2, 0.25) is 0 Å². The molecule has 0 spiro atoms. The molecule has 1 fully saturated rings. The summed E-state index contributed by atoms with van der Waals surface area (Å²) in [5.41, 5.74) is 0. The van der Waals surface area contributed by atoms with Crippen LogP contribution in [0, 0.1) is 0 Å². The molecule has 0 amide bonds. The van der Waals surface area contributed by atoms with Gasteiger partial charge in [-0.1, -0.05) is 6.42 Å². The number of rotatable bonds is 4. The predicted octanol–water partition coefficient (Wildman–Crippen LogP) is 0.821. The highest BCUT2D eigenvalue weighted by atomic mass is 32.2. The van der Waals surface area contributed by atoms with Crippen molar-refractivity contribution in [2.75, 3.05) is 6.26 Å². The molecule has 19 heavy (non-hydrogen) atoms. The van der Waals surface area contributed by atoms with Gasteiger partial charge in [0.1, 0.15) is 22.0 Å². The highest BCUT2D eigenvalue weighted by molar-refractivity contribution is 7.91. The van der Waals surface area contributed by atoms with E-state index in [-0.39, 0.29) is 17.3 Å². The molecule has 0 radical (unpaired) electrons. The van der Waals surface area contributed by atoms with Crippen LogP contribution in [-0.2, 0) is 16.9 Å². The van der Waals surface area contributed by atoms with Crippen LogP contribution in [0.15, 0.2) is 6.33 Å². The fourth-order valence-corrected chi connectivity index (χ4v) is 3.97. The fraction of sp³-hybridized carbons (Fsp3) is 0.833. The summed E-state index contributed by atoms with van der Waals surface area (Å²) < 4.78 is 25.2. The van der Waals surface area contributed by atoms with E-state index in [0.29, 0.717) is 6.42 Å². The average Bonchev–Trinajstić information content (AvgIpc) is 2.75. The first-order valence-electron chi connectivity index (χ1n) is 6.66. The normalized spacial score (nSPS) is 26.3. The van der Waals surface area contributed by atoms with Crippen molar-refractivity contribution in [2.24, 2.45) is 7.05 Å². The molecule has 1 N–H and O–H groups in total. The van der Waals surface area contributed by atoms with Crippen LogP contribution in [0.1, 0.15) is 44.5 Å². The van der Waals surface area contributed by atoms with E-state index >= 15 is 0 Å². The molecule has 1 aliphatic rings. The number of aromatic nitrogens is 3. The summed E-state index contributed by atoms with van der Waals surface area (Å²) >= 11 is 0. The molecule has 1 aromatic rings. The summed E-state index contributed by atoms with van der Waals surface area (Å²) in [6, 6.07) is 0.316. The van der Waals surface area contributed by atoms with Gasteiger partial charge in [0.05, 0.1) is 11.3 Å². The summed E-state index contributed by atoms with van der Waals surface area (Å²) in [4.78, 5) is 0. The largest absolute Gasteiger partial charge is 0.319 e. The lowest BCUT2D eigenvalue weighted by Crippen LogP contribution is -2.40. The third kappa shape index (κ3) is 3.54. The standard InChI is InChI=1S/C12H22N4O2S/c1-9(12-15-13-8-16(12)2)14-10-5-4-6-11(7-10)19(3,17)18/h8-11,14H,4-7H2,1-3H3. The summed E-state index contributed by atoms with van der Waals surface area (Å²) in [6.45, 7) is 2.04. The quantitative estimate of drug-likeness (QED) is 0.887. The number of sulfone groups is 1. The van der Waals surface area contributed by atoms with Crippen LogP contribution in [-0.4, -0.2) is 40.7 Å². The highest BCUT2D eigenvalue weighted by Gasteiger charge is 2.29. The van der Waals surface area contributed by atoms with Crippen LogP contribution in [0.4, 0.5) is 0 Å². The van der Waals surface area contributed by atoms with Crippen molar-refractivity contribution in [3.05, 3.63) is 12.2 Å². The van der Waals surface area contributed by atoms with Crippen LogP contribution in [0.3, 0.4) is 0 Å². The summed E-state index contributed by atoms with van der Waals surface area (Å²) in [7, 11) is -1.02. The van der Waals surface area contributed by atoms with Crippen LogP contribution < -0.4 is 5.32 Å². The second kappa shape index (κ2) is 5.58. The Morgan fingerprint density at radius 1 is 1.47 bits per heavy atom. The molecule has 1 aliphatic carbocycles. The van der Waals surface area contributed by atoms with Gasteiger partial charge in [-0.15, -0.1) is 10.2 Å². The Hall–Kier alpha value is -0.950. The SMILES string of the molecule is CC(NC1CCCC(S(C)(=O)=O)C1)c1nncn1C. The topological polar surface area (TPSA) is 76.9 Å². The zero-order chi connectivity index (χ0) is 14.0. The first-order valence-corrected chi connectivity index (χ1v) is 8.62. The van der Waals surface area contributed by atoms with Gasteiger partial charge in [-0.25, -0.2) is 8.42 Å². The predicted molar refractivity (Wildman–Crippen MR) is 73.4 cm³/mol. The molecule has 3 atom stereocenters. The zero-order valence-electron chi connectivity index (χ0n) is 11.7. The third-order valence-corrected chi connectivity index (χ3v) is 5.49. The van der Waals surface area contributed by atoms with E-state index < -0.39 is 9.84 Å². The molecule has 1 heterocycles. The maximum Gasteiger partial charge on any atom is 0.150 e. The highest BCUT2D eigenvalue weighted by Crippen LogP contribution is 2.25. The molecule has 2 rings (SSSR count). The van der Waals surface area contributed by atoms with E-state index in [1.165, 1.54) is 6.26 Å². The smallest absolute Gasteiger partial charge is 0.150 e. The van der Waals surface area contributed by atoms with Gasteiger partial charge >= 0.3 is 0 Å². The monoisotopic (exact) mass is 286 g/mol. The maximum atomic E-state index is 11.6. The number of hydrogen-bond donors (Lipinski definition) is 1. The Balaban J connectivity index is 1.98. The number of aryl methyl sites for hydroxylation is 1. The Morgan fingerprint density at radius 3 is 2.79 bits per heavy atom. The molecule has 108 valence electrons. The summed E-state index contributed by atoms with van der Waals surface area (Å²) in [5.74, 6) is 0.876. The molecular formula is C12H22N4O2S. The van der Waals surface area contributed by atoms with Crippen molar-refractivity contribution in [3.63, 3.8) is 0 Å². The first kappa shape index (κ1) is 14.5. The van der Waals surface area contributed by atoms with Gasteiger partial charge in [0.25, 0.3) is 0 Å². The average molecular weight is 286 g/mol. The van der Waals surface area contributed by atoms with Gasteiger partial charge in [0.2, 0.25) is 0 Å². The Morgan fingerprint density at radius 2 is 2.21 bits per heavy atom. The molecule has 1 saturated carbocycles. The molecule has 3 unspecified atom stereocenters. The molecule has 0 bridgehead atoms. The Bertz CT molecular complexity index is 526. The van der Waals surface area contributed by atoms with Gasteiger partial charge in [-0.2, -0.15) is 0 Å². The number of nitrogens with one attached hydrogen (secondary N) is 1. The van der Waals surface area contributed by atoms with Crippen molar-refractivity contribution >= 4 is 9.84 Å². The van der Waals surface area contributed by atoms with Gasteiger partial charge < -0.3 is 9.88 Å².